The predicted molar refractivity (Wildman–Crippen MR) is 86.3 cm³/mol. The van der Waals surface area contributed by atoms with Crippen LogP contribution >= 0.6 is 0 Å². The smallest absolute Gasteiger partial charge is 0.0609 e. The Morgan fingerprint density at radius 2 is 1.85 bits per heavy atom. The third kappa shape index (κ3) is 2.11. The third-order valence-corrected chi connectivity index (χ3v) is 4.97. The normalized spacial score (nSPS) is 21.5. The Labute approximate surface area is 123 Å². The van der Waals surface area contributed by atoms with E-state index < -0.39 is 0 Å². The maximum atomic E-state index is 5.60. The molecule has 1 N–H and O–H groups in total. The summed E-state index contributed by atoms with van der Waals surface area (Å²) in [6, 6.07) is 4.55. The summed E-state index contributed by atoms with van der Waals surface area (Å²) in [5, 5.41) is 3.53. The molecule has 1 aromatic carbocycles. The van der Waals surface area contributed by atoms with Crippen LogP contribution in [0.2, 0.25) is 0 Å². The number of hydrogen-bond donors (Lipinski definition) is 1. The van der Waals surface area contributed by atoms with E-state index >= 15 is 0 Å². The van der Waals surface area contributed by atoms with Crippen molar-refractivity contribution in [3.05, 3.63) is 40.0 Å². The van der Waals surface area contributed by atoms with E-state index in [0.717, 1.165) is 19.7 Å². The average molecular weight is 273 g/mol. The van der Waals surface area contributed by atoms with E-state index in [2.05, 4.69) is 52.1 Å². The number of hydrogen-bond acceptors (Lipinski definition) is 2. The fourth-order valence-electron chi connectivity index (χ4n) is 3.50. The summed E-state index contributed by atoms with van der Waals surface area (Å²) in [7, 11) is 1.80. The van der Waals surface area contributed by atoms with Crippen molar-refractivity contribution in [2.45, 2.75) is 40.0 Å². The van der Waals surface area contributed by atoms with Crippen LogP contribution in [0, 0.1) is 13.8 Å². The van der Waals surface area contributed by atoms with Crippen molar-refractivity contribution in [1.82, 2.24) is 5.32 Å². The molecule has 0 amide bonds. The minimum atomic E-state index is -0.0113. The SMILES string of the molecule is CCNCC1(COC)C(C)=C(C)c2c1ccc(C)c2C. The summed E-state index contributed by atoms with van der Waals surface area (Å²) in [5.74, 6) is 0. The maximum Gasteiger partial charge on any atom is 0.0609 e. The zero-order chi connectivity index (χ0) is 14.9. The van der Waals surface area contributed by atoms with E-state index in [4.69, 9.17) is 4.74 Å². The lowest BCUT2D eigenvalue weighted by molar-refractivity contribution is 0.146. The van der Waals surface area contributed by atoms with Crippen molar-refractivity contribution in [3.8, 4) is 0 Å². The first-order valence-corrected chi connectivity index (χ1v) is 7.48. The summed E-state index contributed by atoms with van der Waals surface area (Å²) in [6.45, 7) is 13.8. The van der Waals surface area contributed by atoms with Gasteiger partial charge in [0.1, 0.15) is 0 Å². The van der Waals surface area contributed by atoms with Crippen molar-refractivity contribution >= 4 is 5.57 Å². The van der Waals surface area contributed by atoms with Gasteiger partial charge in [0.15, 0.2) is 0 Å². The molecule has 2 nitrogen and oxygen atoms in total. The van der Waals surface area contributed by atoms with Gasteiger partial charge in [0.25, 0.3) is 0 Å². The third-order valence-electron chi connectivity index (χ3n) is 4.97. The average Bonchev–Trinajstić information content (AvgIpc) is 2.64. The molecule has 1 aromatic rings. The largest absolute Gasteiger partial charge is 0.383 e. The van der Waals surface area contributed by atoms with Crippen LogP contribution in [-0.2, 0) is 10.2 Å². The van der Waals surface area contributed by atoms with E-state index in [1.807, 2.05) is 0 Å². The van der Waals surface area contributed by atoms with Crippen LogP contribution in [-0.4, -0.2) is 26.8 Å². The predicted octanol–water partition coefficient (Wildman–Crippen LogP) is 3.60. The Balaban J connectivity index is 2.64. The number of methoxy groups -OCH3 is 1. The van der Waals surface area contributed by atoms with Gasteiger partial charge in [-0.15, -0.1) is 0 Å². The molecule has 1 atom stereocenters. The Morgan fingerprint density at radius 1 is 1.15 bits per heavy atom. The van der Waals surface area contributed by atoms with Crippen LogP contribution in [0.15, 0.2) is 17.7 Å². The second-order valence-electron chi connectivity index (χ2n) is 5.98. The van der Waals surface area contributed by atoms with Gasteiger partial charge in [-0.3, -0.25) is 0 Å². The van der Waals surface area contributed by atoms with Crippen molar-refractivity contribution in [1.29, 1.82) is 0 Å². The van der Waals surface area contributed by atoms with Crippen LogP contribution in [0.25, 0.3) is 5.57 Å². The summed E-state index contributed by atoms with van der Waals surface area (Å²) < 4.78 is 5.60. The van der Waals surface area contributed by atoms with Crippen LogP contribution in [0.1, 0.15) is 43.0 Å². The number of nitrogens with one attached hydrogen (secondary N) is 1. The van der Waals surface area contributed by atoms with Gasteiger partial charge in [-0.2, -0.15) is 0 Å². The molecule has 20 heavy (non-hydrogen) atoms. The fourth-order valence-corrected chi connectivity index (χ4v) is 3.50. The van der Waals surface area contributed by atoms with Crippen molar-refractivity contribution in [3.63, 3.8) is 0 Å². The highest BCUT2D eigenvalue weighted by Crippen LogP contribution is 2.47. The highest BCUT2D eigenvalue weighted by atomic mass is 16.5. The van der Waals surface area contributed by atoms with Gasteiger partial charge in [-0.05, 0) is 62.1 Å². The first-order chi connectivity index (χ1) is 9.49. The molecule has 2 heteroatoms. The number of allylic oxidation sites excluding steroid dienone is 1. The molecule has 0 radical (unpaired) electrons. The molecule has 0 aliphatic heterocycles. The van der Waals surface area contributed by atoms with Gasteiger partial charge in [-0.1, -0.05) is 24.6 Å². The number of rotatable bonds is 5. The molecule has 1 aliphatic carbocycles. The topological polar surface area (TPSA) is 21.3 Å². The molecule has 0 saturated heterocycles. The summed E-state index contributed by atoms with van der Waals surface area (Å²) >= 11 is 0. The molecule has 0 spiro atoms. The molecular weight excluding hydrogens is 246 g/mol. The molecule has 110 valence electrons. The van der Waals surface area contributed by atoms with E-state index in [0.29, 0.717) is 0 Å². The van der Waals surface area contributed by atoms with E-state index in [-0.39, 0.29) is 5.41 Å². The molecule has 0 heterocycles. The molecule has 0 fully saturated rings. The fraction of sp³-hybridized carbons (Fsp3) is 0.556. The molecule has 1 aliphatic rings. The van der Waals surface area contributed by atoms with Crippen LogP contribution in [0.3, 0.4) is 0 Å². The van der Waals surface area contributed by atoms with Gasteiger partial charge in [-0.25, -0.2) is 0 Å². The zero-order valence-electron chi connectivity index (χ0n) is 13.7. The molecule has 2 rings (SSSR count). The maximum absolute atomic E-state index is 5.60. The lowest BCUT2D eigenvalue weighted by Crippen LogP contribution is -2.41. The van der Waals surface area contributed by atoms with Gasteiger partial charge in [0, 0.05) is 13.7 Å². The molecular formula is C18H27NO. The number of benzene rings is 1. The van der Waals surface area contributed by atoms with Gasteiger partial charge >= 0.3 is 0 Å². The summed E-state index contributed by atoms with van der Waals surface area (Å²) in [6.07, 6.45) is 0. The first kappa shape index (κ1) is 15.3. The minimum absolute atomic E-state index is 0.0113. The molecule has 0 saturated carbocycles. The number of aryl methyl sites for hydroxylation is 1. The number of fused-ring (bicyclic) bond motifs is 1. The Kier molecular flexibility index (Phi) is 4.36. The second-order valence-corrected chi connectivity index (χ2v) is 5.98. The number of likely N-dealkylation sites (N-methyl/N-ethyl adjacent to an activating group) is 1. The van der Waals surface area contributed by atoms with Crippen LogP contribution in [0.5, 0.6) is 0 Å². The molecule has 0 bridgehead atoms. The van der Waals surface area contributed by atoms with E-state index in [1.54, 1.807) is 7.11 Å². The summed E-state index contributed by atoms with van der Waals surface area (Å²) in [5.41, 5.74) is 8.51. The Morgan fingerprint density at radius 3 is 2.45 bits per heavy atom. The van der Waals surface area contributed by atoms with Gasteiger partial charge < -0.3 is 10.1 Å². The monoisotopic (exact) mass is 273 g/mol. The van der Waals surface area contributed by atoms with Crippen molar-refractivity contribution in [2.75, 3.05) is 26.8 Å². The van der Waals surface area contributed by atoms with E-state index in [1.165, 1.54) is 33.4 Å². The van der Waals surface area contributed by atoms with E-state index in [9.17, 15) is 0 Å². The zero-order valence-corrected chi connectivity index (χ0v) is 13.7. The van der Waals surface area contributed by atoms with Crippen LogP contribution in [0.4, 0.5) is 0 Å². The van der Waals surface area contributed by atoms with Gasteiger partial charge in [0.05, 0.1) is 12.0 Å². The summed E-state index contributed by atoms with van der Waals surface area (Å²) in [4.78, 5) is 0. The quantitative estimate of drug-likeness (QED) is 0.885. The number of ether oxygens (including phenoxy) is 1. The van der Waals surface area contributed by atoms with Gasteiger partial charge in [0.2, 0.25) is 0 Å². The Hall–Kier alpha value is -1.12. The second kappa shape index (κ2) is 5.71. The lowest BCUT2D eigenvalue weighted by Gasteiger charge is -2.32. The Bertz CT molecular complexity index is 545. The first-order valence-electron chi connectivity index (χ1n) is 7.48. The molecule has 1 unspecified atom stereocenters. The van der Waals surface area contributed by atoms with Crippen molar-refractivity contribution < 1.29 is 4.74 Å². The van der Waals surface area contributed by atoms with Crippen LogP contribution < -0.4 is 5.32 Å². The molecule has 0 aromatic heterocycles. The highest BCUT2D eigenvalue weighted by Gasteiger charge is 2.42. The minimum Gasteiger partial charge on any atom is -0.383 e. The lowest BCUT2D eigenvalue weighted by atomic mass is 9.77. The highest BCUT2D eigenvalue weighted by molar-refractivity contribution is 5.81. The van der Waals surface area contributed by atoms with Crippen molar-refractivity contribution in [2.24, 2.45) is 0 Å². The standard InChI is InChI=1S/C18H27NO/c1-7-19-10-18(11-20-6)15(5)14(4)17-13(3)12(2)8-9-16(17)18/h8-9,19H,7,10-11H2,1-6H3.